The topological polar surface area (TPSA) is 75.5 Å². The average Bonchev–Trinajstić information content (AvgIpc) is 2.98. The molecule has 0 atom stereocenters. The number of aromatic nitrogens is 2. The van der Waals surface area contributed by atoms with Crippen LogP contribution in [0.25, 0.3) is 0 Å². The van der Waals surface area contributed by atoms with Crippen LogP contribution in [0.4, 0.5) is 0 Å². The minimum Gasteiger partial charge on any atom is -0.341 e. The number of carbonyl (C=O) groups is 1. The Bertz CT molecular complexity index is 880. The van der Waals surface area contributed by atoms with Crippen LogP contribution in [0.2, 0.25) is 0 Å². The van der Waals surface area contributed by atoms with Crippen molar-refractivity contribution in [2.45, 2.75) is 37.1 Å². The minimum absolute atomic E-state index is 0.0655. The zero-order chi connectivity index (χ0) is 20.0. The molecule has 1 aliphatic rings. The average molecular weight is 405 g/mol. The van der Waals surface area contributed by atoms with E-state index in [1.165, 1.54) is 22.4 Å². The van der Waals surface area contributed by atoms with Crippen molar-refractivity contribution >= 4 is 15.9 Å². The summed E-state index contributed by atoms with van der Waals surface area (Å²) in [4.78, 5) is 18.3. The van der Waals surface area contributed by atoms with E-state index in [0.717, 1.165) is 19.3 Å². The van der Waals surface area contributed by atoms with E-state index in [9.17, 15) is 13.2 Å². The van der Waals surface area contributed by atoms with Crippen LogP contribution in [0.5, 0.6) is 0 Å². The second-order valence-corrected chi connectivity index (χ2v) is 9.09. The molecular weight excluding hydrogens is 376 g/mol. The molecule has 0 bridgehead atoms. The molecule has 28 heavy (non-hydrogen) atoms. The van der Waals surface area contributed by atoms with Crippen molar-refractivity contribution in [3.05, 3.63) is 48.4 Å². The number of imidazole rings is 1. The standard InChI is InChI=1S/C20H28N4O3S/c1-22-16-19(21-17-22)28(26,27)24-13-7-12-23(14-15-24)20(25)11-6-5-10-18-8-3-2-4-9-18/h2-4,8-9,16-17H,5-7,10-15H2,1H3. The molecule has 1 aliphatic heterocycles. The monoisotopic (exact) mass is 404 g/mol. The maximum atomic E-state index is 12.7. The lowest BCUT2D eigenvalue weighted by atomic mass is 10.1. The Morgan fingerprint density at radius 3 is 2.57 bits per heavy atom. The number of aryl methyl sites for hydroxylation is 2. The second-order valence-electron chi connectivity index (χ2n) is 7.21. The summed E-state index contributed by atoms with van der Waals surface area (Å²) >= 11 is 0. The lowest BCUT2D eigenvalue weighted by Gasteiger charge is -2.21. The smallest absolute Gasteiger partial charge is 0.262 e. The molecular formula is C20H28N4O3S. The van der Waals surface area contributed by atoms with Crippen LogP contribution in [0, 0.1) is 0 Å². The molecule has 0 saturated carbocycles. The molecule has 1 fully saturated rings. The fraction of sp³-hybridized carbons (Fsp3) is 0.500. The van der Waals surface area contributed by atoms with Gasteiger partial charge in [0.1, 0.15) is 0 Å². The van der Waals surface area contributed by atoms with Gasteiger partial charge in [0.05, 0.1) is 6.33 Å². The summed E-state index contributed by atoms with van der Waals surface area (Å²) < 4.78 is 28.5. The van der Waals surface area contributed by atoms with Gasteiger partial charge in [0.15, 0.2) is 5.03 Å². The van der Waals surface area contributed by atoms with E-state index in [0.29, 0.717) is 39.0 Å². The Kier molecular flexibility index (Phi) is 6.85. The van der Waals surface area contributed by atoms with Gasteiger partial charge in [0, 0.05) is 45.8 Å². The summed E-state index contributed by atoms with van der Waals surface area (Å²) in [5.41, 5.74) is 1.29. The summed E-state index contributed by atoms with van der Waals surface area (Å²) in [5.74, 6) is 0.116. The summed E-state index contributed by atoms with van der Waals surface area (Å²) in [6, 6.07) is 10.3. The van der Waals surface area contributed by atoms with Gasteiger partial charge in [-0.25, -0.2) is 13.4 Å². The maximum Gasteiger partial charge on any atom is 0.262 e. The first-order valence-corrected chi connectivity index (χ1v) is 11.2. The van der Waals surface area contributed by atoms with Gasteiger partial charge in [-0.15, -0.1) is 0 Å². The van der Waals surface area contributed by atoms with E-state index in [1.807, 2.05) is 18.2 Å². The second kappa shape index (κ2) is 9.34. The third-order valence-electron chi connectivity index (χ3n) is 5.04. The van der Waals surface area contributed by atoms with Crippen molar-refractivity contribution < 1.29 is 13.2 Å². The molecule has 1 amide bonds. The predicted molar refractivity (Wildman–Crippen MR) is 107 cm³/mol. The predicted octanol–water partition coefficient (Wildman–Crippen LogP) is 2.06. The van der Waals surface area contributed by atoms with Crippen molar-refractivity contribution in [1.29, 1.82) is 0 Å². The zero-order valence-electron chi connectivity index (χ0n) is 16.3. The summed E-state index contributed by atoms with van der Waals surface area (Å²) in [6.45, 7) is 1.76. The first-order valence-electron chi connectivity index (χ1n) is 9.76. The van der Waals surface area contributed by atoms with Crippen molar-refractivity contribution in [1.82, 2.24) is 18.8 Å². The van der Waals surface area contributed by atoms with Gasteiger partial charge in [-0.2, -0.15) is 4.31 Å². The van der Waals surface area contributed by atoms with Crippen molar-refractivity contribution in [3.63, 3.8) is 0 Å². The van der Waals surface area contributed by atoms with Gasteiger partial charge in [-0.1, -0.05) is 30.3 Å². The number of sulfonamides is 1. The summed E-state index contributed by atoms with van der Waals surface area (Å²) in [6.07, 6.45) is 6.95. The molecule has 0 spiro atoms. The Balaban J connectivity index is 1.47. The fourth-order valence-electron chi connectivity index (χ4n) is 3.45. The van der Waals surface area contributed by atoms with Crippen molar-refractivity contribution in [2.24, 2.45) is 7.05 Å². The molecule has 3 rings (SSSR count). The highest BCUT2D eigenvalue weighted by molar-refractivity contribution is 7.89. The highest BCUT2D eigenvalue weighted by Crippen LogP contribution is 2.16. The van der Waals surface area contributed by atoms with E-state index < -0.39 is 10.0 Å². The van der Waals surface area contributed by atoms with E-state index in [-0.39, 0.29) is 10.9 Å². The highest BCUT2D eigenvalue weighted by atomic mass is 32.2. The number of hydrogen-bond donors (Lipinski definition) is 0. The molecule has 2 heterocycles. The number of rotatable bonds is 7. The normalized spacial score (nSPS) is 16.1. The van der Waals surface area contributed by atoms with E-state index >= 15 is 0 Å². The van der Waals surface area contributed by atoms with Gasteiger partial charge in [-0.3, -0.25) is 4.79 Å². The molecule has 1 saturated heterocycles. The van der Waals surface area contributed by atoms with Crippen molar-refractivity contribution in [3.8, 4) is 0 Å². The van der Waals surface area contributed by atoms with E-state index in [2.05, 4.69) is 17.1 Å². The number of hydrogen-bond acceptors (Lipinski definition) is 4. The van der Waals surface area contributed by atoms with Crippen molar-refractivity contribution in [2.75, 3.05) is 26.2 Å². The Morgan fingerprint density at radius 1 is 1.07 bits per heavy atom. The zero-order valence-corrected chi connectivity index (χ0v) is 17.1. The molecule has 0 aliphatic carbocycles. The van der Waals surface area contributed by atoms with Gasteiger partial charge in [0.25, 0.3) is 10.0 Å². The van der Waals surface area contributed by atoms with Crippen LogP contribution < -0.4 is 0 Å². The largest absolute Gasteiger partial charge is 0.341 e. The van der Waals surface area contributed by atoms with E-state index in [4.69, 9.17) is 0 Å². The molecule has 7 nitrogen and oxygen atoms in total. The van der Waals surface area contributed by atoms with Gasteiger partial charge < -0.3 is 9.47 Å². The number of nitrogens with zero attached hydrogens (tertiary/aromatic N) is 4. The number of unbranched alkanes of at least 4 members (excludes halogenated alkanes) is 1. The van der Waals surface area contributed by atoms with Crippen LogP contribution >= 0.6 is 0 Å². The number of carbonyl (C=O) groups excluding carboxylic acids is 1. The molecule has 8 heteroatoms. The molecule has 0 radical (unpaired) electrons. The van der Waals surface area contributed by atoms with Crippen LogP contribution in [-0.4, -0.2) is 59.3 Å². The van der Waals surface area contributed by atoms with E-state index in [1.54, 1.807) is 16.5 Å². The molecule has 152 valence electrons. The molecule has 2 aromatic rings. The third kappa shape index (κ3) is 5.20. The quantitative estimate of drug-likeness (QED) is 0.662. The summed E-state index contributed by atoms with van der Waals surface area (Å²) in [7, 11) is -1.86. The summed E-state index contributed by atoms with van der Waals surface area (Å²) in [5, 5.41) is 0.0655. The highest BCUT2D eigenvalue weighted by Gasteiger charge is 2.29. The lowest BCUT2D eigenvalue weighted by molar-refractivity contribution is -0.131. The molecule has 1 aromatic heterocycles. The third-order valence-corrected chi connectivity index (χ3v) is 6.83. The first kappa shape index (κ1) is 20.5. The first-order chi connectivity index (χ1) is 13.5. The molecule has 0 N–H and O–H groups in total. The lowest BCUT2D eigenvalue weighted by Crippen LogP contribution is -2.37. The van der Waals surface area contributed by atoms with Gasteiger partial charge in [-0.05, 0) is 31.2 Å². The maximum absolute atomic E-state index is 12.7. The fourth-order valence-corrected chi connectivity index (χ4v) is 4.88. The Hall–Kier alpha value is -2.19. The van der Waals surface area contributed by atoms with Gasteiger partial charge >= 0.3 is 0 Å². The number of amides is 1. The Labute approximate surface area is 167 Å². The van der Waals surface area contributed by atoms with Crippen LogP contribution in [0.1, 0.15) is 31.2 Å². The van der Waals surface area contributed by atoms with Gasteiger partial charge in [0.2, 0.25) is 5.91 Å². The van der Waals surface area contributed by atoms with Crippen LogP contribution in [-0.2, 0) is 28.3 Å². The van der Waals surface area contributed by atoms with Crippen LogP contribution in [0.15, 0.2) is 47.9 Å². The molecule has 1 aromatic carbocycles. The number of benzene rings is 1. The SMILES string of the molecule is Cn1cnc(S(=O)(=O)N2CCCN(C(=O)CCCCc3ccccc3)CC2)c1. The Morgan fingerprint density at radius 2 is 1.86 bits per heavy atom. The molecule has 0 unspecified atom stereocenters. The van der Waals surface area contributed by atoms with Crippen LogP contribution in [0.3, 0.4) is 0 Å². The minimum atomic E-state index is -3.60.